The van der Waals surface area contributed by atoms with E-state index in [9.17, 15) is 18.3 Å². The molecule has 1 aromatic carbocycles. The SMILES string of the molecule is Cc1nc(CNS(=O)(=O)c2ccc(O)c(C(=O)O)c2)cs1. The molecule has 0 amide bonds. The molecular weight excluding hydrogens is 316 g/mol. The van der Waals surface area contributed by atoms with Gasteiger partial charge in [0.25, 0.3) is 0 Å². The summed E-state index contributed by atoms with van der Waals surface area (Å²) in [5, 5.41) is 20.8. The number of aromatic hydroxyl groups is 1. The number of hydrogen-bond donors (Lipinski definition) is 3. The van der Waals surface area contributed by atoms with Crippen LogP contribution >= 0.6 is 11.3 Å². The lowest BCUT2D eigenvalue weighted by molar-refractivity contribution is 0.0693. The van der Waals surface area contributed by atoms with Crippen LogP contribution in [0.4, 0.5) is 0 Å². The highest BCUT2D eigenvalue weighted by atomic mass is 32.2. The number of nitrogens with zero attached hydrogens (tertiary/aromatic N) is 1. The van der Waals surface area contributed by atoms with E-state index in [1.165, 1.54) is 11.3 Å². The van der Waals surface area contributed by atoms with Crippen LogP contribution in [0.5, 0.6) is 5.75 Å². The summed E-state index contributed by atoms with van der Waals surface area (Å²) in [6, 6.07) is 3.08. The summed E-state index contributed by atoms with van der Waals surface area (Å²) in [5.41, 5.74) is 0.112. The Hall–Kier alpha value is -1.97. The normalized spacial score (nSPS) is 11.5. The minimum atomic E-state index is -3.88. The fraction of sp³-hybridized carbons (Fsp3) is 0.167. The van der Waals surface area contributed by atoms with E-state index in [2.05, 4.69) is 9.71 Å². The van der Waals surface area contributed by atoms with E-state index in [4.69, 9.17) is 5.11 Å². The summed E-state index contributed by atoms with van der Waals surface area (Å²) in [6.07, 6.45) is 0. The molecule has 0 atom stereocenters. The van der Waals surface area contributed by atoms with Gasteiger partial charge in [-0.1, -0.05) is 0 Å². The highest BCUT2D eigenvalue weighted by Crippen LogP contribution is 2.21. The maximum Gasteiger partial charge on any atom is 0.339 e. The Morgan fingerprint density at radius 2 is 2.14 bits per heavy atom. The van der Waals surface area contributed by atoms with Crippen molar-refractivity contribution in [1.29, 1.82) is 0 Å². The number of phenols is 1. The number of carboxylic acids is 1. The number of aromatic nitrogens is 1. The molecule has 0 aliphatic heterocycles. The van der Waals surface area contributed by atoms with Gasteiger partial charge in [0, 0.05) is 5.38 Å². The van der Waals surface area contributed by atoms with Crippen molar-refractivity contribution in [2.24, 2.45) is 0 Å². The van der Waals surface area contributed by atoms with Gasteiger partial charge in [0.05, 0.1) is 22.1 Å². The Kier molecular flexibility index (Phi) is 4.26. The molecule has 9 heteroatoms. The maximum atomic E-state index is 12.1. The second-order valence-electron chi connectivity index (χ2n) is 4.17. The van der Waals surface area contributed by atoms with Crippen molar-refractivity contribution in [3.05, 3.63) is 39.8 Å². The zero-order chi connectivity index (χ0) is 15.6. The number of carbonyl (C=O) groups is 1. The number of benzene rings is 1. The van der Waals surface area contributed by atoms with Crippen molar-refractivity contribution in [2.45, 2.75) is 18.4 Å². The number of hydrogen-bond acceptors (Lipinski definition) is 6. The predicted molar refractivity (Wildman–Crippen MR) is 75.9 cm³/mol. The lowest BCUT2D eigenvalue weighted by Gasteiger charge is -2.07. The molecule has 3 N–H and O–H groups in total. The molecular formula is C12H12N2O5S2. The van der Waals surface area contributed by atoms with E-state index in [-0.39, 0.29) is 11.4 Å². The first-order valence-corrected chi connectivity index (χ1v) is 8.13. The van der Waals surface area contributed by atoms with Gasteiger partial charge in [0.1, 0.15) is 11.3 Å². The maximum absolute atomic E-state index is 12.1. The topological polar surface area (TPSA) is 117 Å². The molecule has 0 spiro atoms. The van der Waals surface area contributed by atoms with Gasteiger partial charge in [-0.25, -0.2) is 22.9 Å². The largest absolute Gasteiger partial charge is 0.507 e. The zero-order valence-electron chi connectivity index (χ0n) is 10.9. The van der Waals surface area contributed by atoms with Crippen LogP contribution in [-0.2, 0) is 16.6 Å². The molecule has 0 saturated heterocycles. The Morgan fingerprint density at radius 1 is 1.43 bits per heavy atom. The smallest absolute Gasteiger partial charge is 0.339 e. The minimum Gasteiger partial charge on any atom is -0.507 e. The molecule has 112 valence electrons. The van der Waals surface area contributed by atoms with Crippen molar-refractivity contribution in [3.63, 3.8) is 0 Å². The van der Waals surface area contributed by atoms with Crippen LogP contribution in [0.15, 0.2) is 28.5 Å². The second-order valence-corrected chi connectivity index (χ2v) is 7.00. The fourth-order valence-electron chi connectivity index (χ4n) is 1.60. The number of nitrogens with one attached hydrogen (secondary N) is 1. The molecule has 2 rings (SSSR count). The number of aromatic carboxylic acids is 1. The summed E-state index contributed by atoms with van der Waals surface area (Å²) < 4.78 is 26.5. The lowest BCUT2D eigenvalue weighted by atomic mass is 10.2. The Bertz CT molecular complexity index is 783. The number of sulfonamides is 1. The second kappa shape index (κ2) is 5.80. The van der Waals surface area contributed by atoms with E-state index >= 15 is 0 Å². The molecule has 0 fully saturated rings. The molecule has 0 aliphatic rings. The molecule has 2 aromatic rings. The van der Waals surface area contributed by atoms with E-state index in [0.717, 1.165) is 23.2 Å². The van der Waals surface area contributed by atoms with Gasteiger partial charge in [-0.05, 0) is 25.1 Å². The molecule has 0 radical (unpaired) electrons. The van der Waals surface area contributed by atoms with Gasteiger partial charge in [-0.2, -0.15) is 0 Å². The molecule has 0 unspecified atom stereocenters. The third-order valence-corrected chi connectivity index (χ3v) is 4.84. The first-order chi connectivity index (χ1) is 9.79. The molecule has 7 nitrogen and oxygen atoms in total. The number of aryl methyl sites for hydroxylation is 1. The van der Waals surface area contributed by atoms with Crippen LogP contribution in [0.3, 0.4) is 0 Å². The van der Waals surface area contributed by atoms with Gasteiger partial charge >= 0.3 is 5.97 Å². The zero-order valence-corrected chi connectivity index (χ0v) is 12.5. The highest BCUT2D eigenvalue weighted by Gasteiger charge is 2.19. The van der Waals surface area contributed by atoms with Crippen LogP contribution in [0.25, 0.3) is 0 Å². The quantitative estimate of drug-likeness (QED) is 0.762. The van der Waals surface area contributed by atoms with Crippen LogP contribution in [0, 0.1) is 6.92 Å². The predicted octanol–water partition coefficient (Wildman–Crippen LogP) is 1.33. The Morgan fingerprint density at radius 3 is 2.71 bits per heavy atom. The van der Waals surface area contributed by atoms with Crippen molar-refractivity contribution in [2.75, 3.05) is 0 Å². The average molecular weight is 328 g/mol. The lowest BCUT2D eigenvalue weighted by Crippen LogP contribution is -2.23. The van der Waals surface area contributed by atoms with E-state index < -0.39 is 27.3 Å². The van der Waals surface area contributed by atoms with E-state index in [0.29, 0.717) is 5.69 Å². The first kappa shape index (κ1) is 15.4. The molecule has 1 aromatic heterocycles. The molecule has 0 saturated carbocycles. The summed E-state index contributed by atoms with van der Waals surface area (Å²) in [6.45, 7) is 1.82. The van der Waals surface area contributed by atoms with E-state index in [1.54, 1.807) is 5.38 Å². The van der Waals surface area contributed by atoms with Crippen LogP contribution in [0.2, 0.25) is 0 Å². The number of thiazole rings is 1. The third-order valence-electron chi connectivity index (χ3n) is 2.62. The summed E-state index contributed by atoms with van der Waals surface area (Å²) in [4.78, 5) is 14.8. The van der Waals surface area contributed by atoms with Gasteiger partial charge in [-0.15, -0.1) is 11.3 Å². The van der Waals surface area contributed by atoms with E-state index in [1.807, 2.05) is 6.92 Å². The average Bonchev–Trinajstić information content (AvgIpc) is 2.82. The Balaban J connectivity index is 2.23. The third kappa shape index (κ3) is 3.57. The summed E-state index contributed by atoms with van der Waals surface area (Å²) in [7, 11) is -3.88. The summed E-state index contributed by atoms with van der Waals surface area (Å²) in [5.74, 6) is -1.89. The molecule has 0 aliphatic carbocycles. The van der Waals surface area contributed by atoms with Gasteiger partial charge in [0.15, 0.2) is 0 Å². The van der Waals surface area contributed by atoms with Crippen LogP contribution in [-0.4, -0.2) is 29.6 Å². The fourth-order valence-corrected chi connectivity index (χ4v) is 3.23. The number of carboxylic acid groups (broad SMARTS) is 1. The monoisotopic (exact) mass is 328 g/mol. The van der Waals surface area contributed by atoms with Gasteiger partial charge < -0.3 is 10.2 Å². The van der Waals surface area contributed by atoms with Gasteiger partial charge in [-0.3, -0.25) is 0 Å². The van der Waals surface area contributed by atoms with Crippen molar-refractivity contribution in [1.82, 2.24) is 9.71 Å². The summed E-state index contributed by atoms with van der Waals surface area (Å²) >= 11 is 1.40. The minimum absolute atomic E-state index is 0.00988. The van der Waals surface area contributed by atoms with Crippen LogP contribution in [0.1, 0.15) is 21.1 Å². The van der Waals surface area contributed by atoms with Crippen molar-refractivity contribution >= 4 is 27.3 Å². The molecule has 21 heavy (non-hydrogen) atoms. The Labute approximate surface area is 125 Å². The highest BCUT2D eigenvalue weighted by molar-refractivity contribution is 7.89. The molecule has 1 heterocycles. The van der Waals surface area contributed by atoms with Gasteiger partial charge in [0.2, 0.25) is 10.0 Å². The van der Waals surface area contributed by atoms with Crippen molar-refractivity contribution in [3.8, 4) is 5.75 Å². The van der Waals surface area contributed by atoms with Crippen molar-refractivity contribution < 1.29 is 23.4 Å². The first-order valence-electron chi connectivity index (χ1n) is 5.76. The standard InChI is InChI=1S/C12H12N2O5S2/c1-7-14-8(6-20-7)5-13-21(18,19)9-2-3-11(15)10(4-9)12(16)17/h2-4,6,13,15H,5H2,1H3,(H,16,17). The molecule has 0 bridgehead atoms. The van der Waals surface area contributed by atoms with Crippen LogP contribution < -0.4 is 4.72 Å². The number of rotatable bonds is 5.